The lowest BCUT2D eigenvalue weighted by atomic mass is 10.2. The molecule has 3 amide bonds. The first-order valence-electron chi connectivity index (χ1n) is 7.68. The fourth-order valence-corrected chi connectivity index (χ4v) is 2.22. The highest BCUT2D eigenvalue weighted by Gasteiger charge is 2.23. The molecule has 1 aromatic rings. The maximum atomic E-state index is 12.0. The van der Waals surface area contributed by atoms with Crippen molar-refractivity contribution in [3.63, 3.8) is 0 Å². The molecule has 1 aliphatic heterocycles. The summed E-state index contributed by atoms with van der Waals surface area (Å²) in [5.41, 5.74) is 0. The smallest absolute Gasteiger partial charge is 0.317 e. The summed E-state index contributed by atoms with van der Waals surface area (Å²) in [6.45, 7) is 3.38. The molecular formula is C16H23N3O4. The standard InChI is InChI=1S/C16H23N3O4/c1-12(20)17-8-5-9-18-16(21)19(2)10-13-11-22-14-6-3-4-7-15(14)23-13/h3-4,6-7,13H,5,8-11H2,1-2H3,(H,17,20)(H,18,21). The summed E-state index contributed by atoms with van der Waals surface area (Å²) in [6, 6.07) is 7.31. The average Bonchev–Trinajstić information content (AvgIpc) is 2.54. The van der Waals surface area contributed by atoms with Crippen molar-refractivity contribution in [1.29, 1.82) is 0 Å². The number of ether oxygens (including phenoxy) is 2. The second-order valence-corrected chi connectivity index (χ2v) is 5.45. The quantitative estimate of drug-likeness (QED) is 0.766. The molecule has 0 saturated carbocycles. The SMILES string of the molecule is CC(=O)NCCCNC(=O)N(C)CC1COc2ccccc2O1. The van der Waals surface area contributed by atoms with Gasteiger partial charge >= 0.3 is 6.03 Å². The first-order chi connectivity index (χ1) is 11.1. The molecule has 1 atom stereocenters. The van der Waals surface area contributed by atoms with Crippen molar-refractivity contribution < 1.29 is 19.1 Å². The summed E-state index contributed by atoms with van der Waals surface area (Å²) in [7, 11) is 1.72. The molecule has 1 heterocycles. The van der Waals surface area contributed by atoms with Gasteiger partial charge in [0.15, 0.2) is 17.6 Å². The van der Waals surface area contributed by atoms with Gasteiger partial charge in [0.05, 0.1) is 6.54 Å². The molecule has 23 heavy (non-hydrogen) atoms. The molecule has 1 unspecified atom stereocenters. The van der Waals surface area contributed by atoms with Gasteiger partial charge in [0.25, 0.3) is 0 Å². The fourth-order valence-electron chi connectivity index (χ4n) is 2.22. The third-order valence-corrected chi connectivity index (χ3v) is 3.40. The Bertz CT molecular complexity index is 550. The third kappa shape index (κ3) is 5.36. The molecule has 1 aliphatic rings. The van der Waals surface area contributed by atoms with Crippen LogP contribution in [0.25, 0.3) is 0 Å². The monoisotopic (exact) mass is 321 g/mol. The Morgan fingerprint density at radius 1 is 1.22 bits per heavy atom. The first-order valence-corrected chi connectivity index (χ1v) is 7.68. The molecular weight excluding hydrogens is 298 g/mol. The number of carbonyl (C=O) groups is 2. The largest absolute Gasteiger partial charge is 0.486 e. The Hall–Kier alpha value is -2.44. The van der Waals surface area contributed by atoms with Gasteiger partial charge in [-0.25, -0.2) is 4.79 Å². The maximum Gasteiger partial charge on any atom is 0.317 e. The van der Waals surface area contributed by atoms with E-state index in [1.807, 2.05) is 24.3 Å². The van der Waals surface area contributed by atoms with Crippen molar-refractivity contribution >= 4 is 11.9 Å². The number of amides is 3. The van der Waals surface area contributed by atoms with Crippen molar-refractivity contribution in [2.24, 2.45) is 0 Å². The van der Waals surface area contributed by atoms with Crippen molar-refractivity contribution in [3.8, 4) is 11.5 Å². The van der Waals surface area contributed by atoms with Gasteiger partial charge in [0.1, 0.15) is 6.61 Å². The van der Waals surface area contributed by atoms with Crippen LogP contribution in [0.1, 0.15) is 13.3 Å². The number of hydrogen-bond donors (Lipinski definition) is 2. The van der Waals surface area contributed by atoms with Crippen LogP contribution in [0.4, 0.5) is 4.79 Å². The number of nitrogens with one attached hydrogen (secondary N) is 2. The minimum atomic E-state index is -0.194. The van der Waals surface area contributed by atoms with Gasteiger partial charge in [-0.05, 0) is 18.6 Å². The van der Waals surface area contributed by atoms with Crippen molar-refractivity contribution in [2.75, 3.05) is 33.3 Å². The molecule has 0 aliphatic carbocycles. The first kappa shape index (κ1) is 16.9. The maximum absolute atomic E-state index is 12.0. The molecule has 2 N–H and O–H groups in total. The Kier molecular flexibility index (Phi) is 6.08. The van der Waals surface area contributed by atoms with E-state index in [-0.39, 0.29) is 18.0 Å². The van der Waals surface area contributed by atoms with E-state index in [1.54, 1.807) is 11.9 Å². The van der Waals surface area contributed by atoms with E-state index < -0.39 is 0 Å². The Labute approximate surface area is 135 Å². The molecule has 7 heteroatoms. The van der Waals surface area contributed by atoms with Gasteiger partial charge in [-0.3, -0.25) is 4.79 Å². The minimum absolute atomic E-state index is 0.0665. The van der Waals surface area contributed by atoms with Gasteiger partial charge in [-0.2, -0.15) is 0 Å². The van der Waals surface area contributed by atoms with Crippen molar-refractivity contribution in [3.05, 3.63) is 24.3 Å². The second-order valence-electron chi connectivity index (χ2n) is 5.45. The zero-order valence-electron chi connectivity index (χ0n) is 13.5. The zero-order chi connectivity index (χ0) is 16.7. The Morgan fingerprint density at radius 3 is 2.65 bits per heavy atom. The molecule has 0 fully saturated rings. The summed E-state index contributed by atoms with van der Waals surface area (Å²) in [4.78, 5) is 24.3. The highest BCUT2D eigenvalue weighted by Crippen LogP contribution is 2.30. The van der Waals surface area contributed by atoms with E-state index in [0.717, 1.165) is 5.75 Å². The fraction of sp³-hybridized carbons (Fsp3) is 0.500. The van der Waals surface area contributed by atoms with Crippen LogP contribution in [0.15, 0.2) is 24.3 Å². The van der Waals surface area contributed by atoms with Crippen LogP contribution in [0.5, 0.6) is 11.5 Å². The van der Waals surface area contributed by atoms with E-state index >= 15 is 0 Å². The molecule has 0 aromatic heterocycles. The summed E-state index contributed by atoms with van der Waals surface area (Å²) in [6.07, 6.45) is 0.496. The second kappa shape index (κ2) is 8.26. The number of benzene rings is 1. The number of nitrogens with zero attached hydrogens (tertiary/aromatic N) is 1. The highest BCUT2D eigenvalue weighted by atomic mass is 16.6. The van der Waals surface area contributed by atoms with E-state index in [2.05, 4.69) is 10.6 Å². The average molecular weight is 321 g/mol. The van der Waals surface area contributed by atoms with E-state index in [1.165, 1.54) is 6.92 Å². The summed E-state index contributed by atoms with van der Waals surface area (Å²) < 4.78 is 11.5. The van der Waals surface area contributed by atoms with E-state index in [9.17, 15) is 9.59 Å². The summed E-state index contributed by atoms with van der Waals surface area (Å²) in [5, 5.41) is 5.49. The van der Waals surface area contributed by atoms with Crippen LogP contribution in [0.2, 0.25) is 0 Å². The van der Waals surface area contributed by atoms with Crippen LogP contribution in [0, 0.1) is 0 Å². The summed E-state index contributed by atoms with van der Waals surface area (Å²) in [5.74, 6) is 1.37. The zero-order valence-corrected chi connectivity index (χ0v) is 13.5. The lowest BCUT2D eigenvalue weighted by Gasteiger charge is -2.29. The molecule has 7 nitrogen and oxygen atoms in total. The number of carbonyl (C=O) groups excluding carboxylic acids is 2. The van der Waals surface area contributed by atoms with Crippen LogP contribution in [-0.2, 0) is 4.79 Å². The number of likely N-dealkylation sites (N-methyl/N-ethyl adjacent to an activating group) is 1. The lowest BCUT2D eigenvalue weighted by molar-refractivity contribution is -0.118. The molecule has 0 bridgehead atoms. The third-order valence-electron chi connectivity index (χ3n) is 3.40. The predicted molar refractivity (Wildman–Crippen MR) is 85.7 cm³/mol. The van der Waals surface area contributed by atoms with Gasteiger partial charge < -0.3 is 25.0 Å². The lowest BCUT2D eigenvalue weighted by Crippen LogP contribution is -2.45. The van der Waals surface area contributed by atoms with Gasteiger partial charge in [-0.15, -0.1) is 0 Å². The van der Waals surface area contributed by atoms with Crippen LogP contribution in [-0.4, -0.2) is 56.2 Å². The van der Waals surface area contributed by atoms with E-state index in [4.69, 9.17) is 9.47 Å². The predicted octanol–water partition coefficient (Wildman–Crippen LogP) is 0.994. The highest BCUT2D eigenvalue weighted by molar-refractivity contribution is 5.74. The van der Waals surface area contributed by atoms with Gasteiger partial charge in [-0.1, -0.05) is 12.1 Å². The molecule has 0 saturated heterocycles. The Balaban J connectivity index is 1.69. The number of rotatable bonds is 6. The van der Waals surface area contributed by atoms with Crippen LogP contribution < -0.4 is 20.1 Å². The van der Waals surface area contributed by atoms with Crippen molar-refractivity contribution in [1.82, 2.24) is 15.5 Å². The molecule has 0 radical (unpaired) electrons. The van der Waals surface area contributed by atoms with Gasteiger partial charge in [0.2, 0.25) is 5.91 Å². The van der Waals surface area contributed by atoms with Gasteiger partial charge in [0, 0.05) is 27.1 Å². The molecule has 126 valence electrons. The Morgan fingerprint density at radius 2 is 1.91 bits per heavy atom. The van der Waals surface area contributed by atoms with Crippen LogP contribution >= 0.6 is 0 Å². The molecule has 0 spiro atoms. The normalized spacial score (nSPS) is 15.7. The van der Waals surface area contributed by atoms with Crippen LogP contribution in [0.3, 0.4) is 0 Å². The number of urea groups is 1. The molecule has 1 aromatic carbocycles. The number of hydrogen-bond acceptors (Lipinski definition) is 4. The minimum Gasteiger partial charge on any atom is -0.486 e. The number of para-hydroxylation sites is 2. The summed E-state index contributed by atoms with van der Waals surface area (Å²) >= 11 is 0. The molecule has 2 rings (SSSR count). The van der Waals surface area contributed by atoms with Crippen molar-refractivity contribution in [2.45, 2.75) is 19.4 Å². The topological polar surface area (TPSA) is 79.9 Å². The van der Waals surface area contributed by atoms with E-state index in [0.29, 0.717) is 38.4 Å². The number of fused-ring (bicyclic) bond motifs is 1.